The molecule has 0 aliphatic carbocycles. The molecule has 2 aromatic rings. The first-order chi connectivity index (χ1) is 10.2. The van der Waals surface area contributed by atoms with Crippen molar-refractivity contribution in [3.05, 3.63) is 38.5 Å². The molecule has 6 heteroatoms. The first kappa shape index (κ1) is 16.1. The van der Waals surface area contributed by atoms with Crippen LogP contribution in [0.15, 0.2) is 27.4 Å². The van der Waals surface area contributed by atoms with Crippen molar-refractivity contribution in [2.45, 2.75) is 13.1 Å². The normalized spacial score (nSPS) is 10.5. The van der Waals surface area contributed by atoms with Gasteiger partial charge in [0.05, 0.1) is 25.1 Å². The molecular formula is C15H18BrNO3S. The Morgan fingerprint density at radius 1 is 0.952 bits per heavy atom. The lowest BCUT2D eigenvalue weighted by molar-refractivity contribution is 0.323. The van der Waals surface area contributed by atoms with E-state index in [0.717, 1.165) is 22.4 Å². The Bertz CT molecular complexity index is 575. The molecule has 0 unspecified atom stereocenters. The van der Waals surface area contributed by atoms with Gasteiger partial charge < -0.3 is 19.5 Å². The van der Waals surface area contributed by atoms with Crippen molar-refractivity contribution in [1.82, 2.24) is 5.32 Å². The van der Waals surface area contributed by atoms with Crippen LogP contribution in [0.5, 0.6) is 17.2 Å². The van der Waals surface area contributed by atoms with E-state index in [4.69, 9.17) is 14.2 Å². The van der Waals surface area contributed by atoms with Gasteiger partial charge in [-0.3, -0.25) is 0 Å². The molecule has 0 spiro atoms. The topological polar surface area (TPSA) is 39.7 Å². The molecule has 1 N–H and O–H groups in total. The van der Waals surface area contributed by atoms with Crippen LogP contribution in [0.4, 0.5) is 0 Å². The average molecular weight is 372 g/mol. The molecule has 114 valence electrons. The SMILES string of the molecule is COc1cc(CNCc2csc(Br)c2)cc(OC)c1OC. The van der Waals surface area contributed by atoms with Gasteiger partial charge in [-0.1, -0.05) is 0 Å². The zero-order valence-electron chi connectivity index (χ0n) is 12.2. The molecule has 2 rings (SSSR count). The first-order valence-electron chi connectivity index (χ1n) is 6.40. The van der Waals surface area contributed by atoms with E-state index >= 15 is 0 Å². The minimum absolute atomic E-state index is 0.616. The largest absolute Gasteiger partial charge is 0.493 e. The van der Waals surface area contributed by atoms with Gasteiger partial charge >= 0.3 is 0 Å². The molecule has 1 heterocycles. The fourth-order valence-corrected chi connectivity index (χ4v) is 3.24. The van der Waals surface area contributed by atoms with Crippen molar-refractivity contribution < 1.29 is 14.2 Å². The van der Waals surface area contributed by atoms with Gasteiger partial charge in [0.15, 0.2) is 11.5 Å². The lowest BCUT2D eigenvalue weighted by atomic mass is 10.1. The minimum Gasteiger partial charge on any atom is -0.493 e. The van der Waals surface area contributed by atoms with Gasteiger partial charge in [-0.25, -0.2) is 0 Å². The zero-order valence-corrected chi connectivity index (χ0v) is 14.6. The van der Waals surface area contributed by atoms with Gasteiger partial charge in [-0.2, -0.15) is 0 Å². The molecular weight excluding hydrogens is 354 g/mol. The molecule has 0 aliphatic rings. The van der Waals surface area contributed by atoms with Crippen molar-refractivity contribution in [3.63, 3.8) is 0 Å². The van der Waals surface area contributed by atoms with Crippen molar-refractivity contribution in [2.24, 2.45) is 0 Å². The van der Waals surface area contributed by atoms with Crippen LogP contribution in [-0.2, 0) is 13.1 Å². The fraction of sp³-hybridized carbons (Fsp3) is 0.333. The summed E-state index contributed by atoms with van der Waals surface area (Å²) in [6.45, 7) is 1.54. The predicted octanol–water partition coefficient (Wildman–Crippen LogP) is 3.83. The quantitative estimate of drug-likeness (QED) is 0.802. The molecule has 4 nitrogen and oxygen atoms in total. The lowest BCUT2D eigenvalue weighted by Gasteiger charge is -2.14. The monoisotopic (exact) mass is 371 g/mol. The van der Waals surface area contributed by atoms with Crippen LogP contribution in [0.1, 0.15) is 11.1 Å². The zero-order chi connectivity index (χ0) is 15.2. The molecule has 1 aromatic carbocycles. The number of hydrogen-bond donors (Lipinski definition) is 1. The van der Waals surface area contributed by atoms with Crippen LogP contribution < -0.4 is 19.5 Å². The Kier molecular flexibility index (Phi) is 5.90. The van der Waals surface area contributed by atoms with Gasteiger partial charge in [-0.05, 0) is 50.6 Å². The van der Waals surface area contributed by atoms with Crippen molar-refractivity contribution in [2.75, 3.05) is 21.3 Å². The highest BCUT2D eigenvalue weighted by atomic mass is 79.9. The van der Waals surface area contributed by atoms with Gasteiger partial charge in [0.2, 0.25) is 5.75 Å². The van der Waals surface area contributed by atoms with Crippen molar-refractivity contribution >= 4 is 27.3 Å². The second-order valence-corrected chi connectivity index (χ2v) is 6.69. The first-order valence-corrected chi connectivity index (χ1v) is 8.07. The minimum atomic E-state index is 0.616. The van der Waals surface area contributed by atoms with E-state index in [1.165, 1.54) is 5.56 Å². The average Bonchev–Trinajstić information content (AvgIpc) is 2.91. The van der Waals surface area contributed by atoms with E-state index < -0.39 is 0 Å². The van der Waals surface area contributed by atoms with Crippen LogP contribution in [0, 0.1) is 0 Å². The molecule has 0 saturated carbocycles. The Hall–Kier alpha value is -1.24. The molecule has 0 bridgehead atoms. The predicted molar refractivity (Wildman–Crippen MR) is 88.7 cm³/mol. The van der Waals surface area contributed by atoms with Crippen molar-refractivity contribution in [1.29, 1.82) is 0 Å². The fourth-order valence-electron chi connectivity index (χ4n) is 2.03. The highest BCUT2D eigenvalue weighted by Crippen LogP contribution is 2.38. The third kappa shape index (κ3) is 4.12. The second-order valence-electron chi connectivity index (χ2n) is 4.40. The highest BCUT2D eigenvalue weighted by Gasteiger charge is 2.12. The molecule has 21 heavy (non-hydrogen) atoms. The molecule has 0 atom stereocenters. The van der Waals surface area contributed by atoms with Gasteiger partial charge in [0, 0.05) is 13.1 Å². The summed E-state index contributed by atoms with van der Waals surface area (Å²) in [6, 6.07) is 6.03. The Labute approximate surface area is 137 Å². The van der Waals surface area contributed by atoms with Gasteiger partial charge in [0.25, 0.3) is 0 Å². The van der Waals surface area contributed by atoms with Crippen LogP contribution in [0.3, 0.4) is 0 Å². The maximum atomic E-state index is 5.35. The number of benzene rings is 1. The number of hydrogen-bond acceptors (Lipinski definition) is 5. The van der Waals surface area contributed by atoms with Gasteiger partial charge in [-0.15, -0.1) is 11.3 Å². The van der Waals surface area contributed by atoms with Crippen LogP contribution in [0.2, 0.25) is 0 Å². The van der Waals surface area contributed by atoms with Crippen LogP contribution in [0.25, 0.3) is 0 Å². The maximum absolute atomic E-state index is 5.35. The summed E-state index contributed by atoms with van der Waals surface area (Å²) in [7, 11) is 4.85. The van der Waals surface area contributed by atoms with Crippen molar-refractivity contribution in [3.8, 4) is 17.2 Å². The third-order valence-electron chi connectivity index (χ3n) is 3.00. The molecule has 0 saturated heterocycles. The van der Waals surface area contributed by atoms with E-state index in [1.54, 1.807) is 32.7 Å². The smallest absolute Gasteiger partial charge is 0.203 e. The van der Waals surface area contributed by atoms with E-state index in [-0.39, 0.29) is 0 Å². The van der Waals surface area contributed by atoms with E-state index in [2.05, 4.69) is 32.7 Å². The number of nitrogens with one attached hydrogen (secondary N) is 1. The number of ether oxygens (including phenoxy) is 3. The maximum Gasteiger partial charge on any atom is 0.203 e. The molecule has 0 fully saturated rings. The van der Waals surface area contributed by atoms with Crippen LogP contribution in [-0.4, -0.2) is 21.3 Å². The standard InChI is InChI=1S/C15H18BrNO3S/c1-18-12-4-10(5-13(19-2)15(12)20-3)7-17-8-11-6-14(16)21-9-11/h4-6,9,17H,7-8H2,1-3H3. The number of halogens is 1. The summed E-state index contributed by atoms with van der Waals surface area (Å²) >= 11 is 5.15. The molecule has 0 amide bonds. The number of thiophene rings is 1. The summed E-state index contributed by atoms with van der Waals surface area (Å²) in [5.41, 5.74) is 2.35. The summed E-state index contributed by atoms with van der Waals surface area (Å²) in [4.78, 5) is 0. The summed E-state index contributed by atoms with van der Waals surface area (Å²) in [6.07, 6.45) is 0. The van der Waals surface area contributed by atoms with E-state index in [9.17, 15) is 0 Å². The van der Waals surface area contributed by atoms with E-state index in [1.807, 2.05) is 12.1 Å². The number of methoxy groups -OCH3 is 3. The lowest BCUT2D eigenvalue weighted by Crippen LogP contribution is -2.12. The number of rotatable bonds is 7. The Morgan fingerprint density at radius 2 is 1.57 bits per heavy atom. The Morgan fingerprint density at radius 3 is 2.05 bits per heavy atom. The molecule has 0 radical (unpaired) electrons. The van der Waals surface area contributed by atoms with Gasteiger partial charge in [0.1, 0.15) is 0 Å². The molecule has 1 aromatic heterocycles. The highest BCUT2D eigenvalue weighted by molar-refractivity contribution is 9.11. The second kappa shape index (κ2) is 7.68. The summed E-state index contributed by atoms with van der Waals surface area (Å²) in [5, 5.41) is 5.54. The Balaban J connectivity index is 2.05. The molecule has 0 aliphatic heterocycles. The van der Waals surface area contributed by atoms with Crippen LogP contribution >= 0.6 is 27.3 Å². The summed E-state index contributed by atoms with van der Waals surface area (Å²) < 4.78 is 17.2. The third-order valence-corrected chi connectivity index (χ3v) is 4.56. The summed E-state index contributed by atoms with van der Waals surface area (Å²) in [5.74, 6) is 1.96. The van der Waals surface area contributed by atoms with E-state index in [0.29, 0.717) is 17.2 Å².